The van der Waals surface area contributed by atoms with Gasteiger partial charge < -0.3 is 15.4 Å². The predicted molar refractivity (Wildman–Crippen MR) is 117 cm³/mol. The maximum Gasteiger partial charge on any atom is 0.298 e. The van der Waals surface area contributed by atoms with Crippen molar-refractivity contribution < 1.29 is 4.74 Å². The van der Waals surface area contributed by atoms with Crippen LogP contribution in [0.15, 0.2) is 59.4 Å². The average Bonchev–Trinajstić information content (AvgIpc) is 3.17. The fourth-order valence-electron chi connectivity index (χ4n) is 3.54. The number of nitrogens with zero attached hydrogens (tertiary/aromatic N) is 3. The van der Waals surface area contributed by atoms with Crippen LogP contribution in [-0.4, -0.2) is 22.7 Å². The number of benzene rings is 2. The van der Waals surface area contributed by atoms with Crippen LogP contribution in [0.1, 0.15) is 4.88 Å². The van der Waals surface area contributed by atoms with Crippen LogP contribution in [0.5, 0.6) is 5.75 Å². The number of nitrogens with two attached hydrogens (primary N) is 1. The first-order valence-corrected chi connectivity index (χ1v) is 9.86. The number of rotatable bonds is 2. The van der Waals surface area contributed by atoms with Gasteiger partial charge in [-0.25, -0.2) is 4.98 Å². The van der Waals surface area contributed by atoms with E-state index in [1.54, 1.807) is 10.6 Å². The standard InChI is InChI=1S/C22H16N4O2S/c1-2-16-13-18-21(29-16)24-20(23)22(27)26(18)15-8-9-19-17(12-15)25(10-11-28-19)14-6-4-3-5-7-14/h1,3-9,12-13H,10-11H2,(H2,23,24). The van der Waals surface area contributed by atoms with Gasteiger partial charge in [-0.3, -0.25) is 9.36 Å². The molecule has 0 saturated heterocycles. The second-order valence-corrected chi connectivity index (χ2v) is 7.60. The fourth-order valence-corrected chi connectivity index (χ4v) is 4.38. The molecule has 29 heavy (non-hydrogen) atoms. The van der Waals surface area contributed by atoms with Gasteiger partial charge in [0.1, 0.15) is 17.2 Å². The van der Waals surface area contributed by atoms with Crippen LogP contribution in [0, 0.1) is 12.3 Å². The number of hydrogen-bond donors (Lipinski definition) is 1. The second kappa shape index (κ2) is 6.69. The molecule has 0 unspecified atom stereocenters. The number of fused-ring (bicyclic) bond motifs is 2. The van der Waals surface area contributed by atoms with Crippen molar-refractivity contribution in [3.05, 3.63) is 69.8 Å². The van der Waals surface area contributed by atoms with Gasteiger partial charge in [-0.1, -0.05) is 24.1 Å². The normalized spacial score (nSPS) is 13.0. The Morgan fingerprint density at radius 3 is 2.76 bits per heavy atom. The van der Waals surface area contributed by atoms with Crippen molar-refractivity contribution in [1.29, 1.82) is 0 Å². The summed E-state index contributed by atoms with van der Waals surface area (Å²) in [6.45, 7) is 1.30. The lowest BCUT2D eigenvalue weighted by Crippen LogP contribution is -2.29. The van der Waals surface area contributed by atoms with E-state index in [1.165, 1.54) is 11.3 Å². The van der Waals surface area contributed by atoms with E-state index in [1.807, 2.05) is 36.4 Å². The first-order valence-electron chi connectivity index (χ1n) is 9.04. The van der Waals surface area contributed by atoms with Crippen molar-refractivity contribution in [1.82, 2.24) is 9.55 Å². The fraction of sp³-hybridized carbons (Fsp3) is 0.0909. The summed E-state index contributed by atoms with van der Waals surface area (Å²) >= 11 is 1.33. The van der Waals surface area contributed by atoms with Gasteiger partial charge in [0.05, 0.1) is 28.3 Å². The van der Waals surface area contributed by atoms with Gasteiger partial charge in [-0.2, -0.15) is 0 Å². The monoisotopic (exact) mass is 400 g/mol. The van der Waals surface area contributed by atoms with Crippen molar-refractivity contribution in [2.45, 2.75) is 0 Å². The molecule has 4 aromatic rings. The quantitative estimate of drug-likeness (QED) is 0.521. The van der Waals surface area contributed by atoms with Crippen LogP contribution >= 0.6 is 11.3 Å². The molecule has 142 valence electrons. The van der Waals surface area contributed by atoms with E-state index >= 15 is 0 Å². The smallest absolute Gasteiger partial charge is 0.298 e. The molecule has 3 heterocycles. The topological polar surface area (TPSA) is 73.4 Å². The number of para-hydroxylation sites is 1. The molecule has 2 aromatic carbocycles. The van der Waals surface area contributed by atoms with Crippen LogP contribution in [0.4, 0.5) is 17.2 Å². The summed E-state index contributed by atoms with van der Waals surface area (Å²) in [5.41, 5.74) is 8.81. The van der Waals surface area contributed by atoms with E-state index in [9.17, 15) is 4.79 Å². The number of thiophene rings is 1. The molecule has 7 heteroatoms. The van der Waals surface area contributed by atoms with Gasteiger partial charge in [0.2, 0.25) is 0 Å². The first kappa shape index (κ1) is 17.3. The predicted octanol–water partition coefficient (Wildman–Crippen LogP) is 3.54. The van der Waals surface area contributed by atoms with E-state index < -0.39 is 0 Å². The van der Waals surface area contributed by atoms with Gasteiger partial charge in [0, 0.05) is 5.69 Å². The zero-order valence-corrected chi connectivity index (χ0v) is 16.1. The van der Waals surface area contributed by atoms with E-state index in [0.29, 0.717) is 34.1 Å². The molecule has 0 aliphatic carbocycles. The molecule has 0 amide bonds. The summed E-state index contributed by atoms with van der Waals surface area (Å²) in [6, 6.07) is 17.5. The van der Waals surface area contributed by atoms with Gasteiger partial charge in [0.15, 0.2) is 5.82 Å². The van der Waals surface area contributed by atoms with Gasteiger partial charge >= 0.3 is 0 Å². The molecular weight excluding hydrogens is 384 g/mol. The third-order valence-electron chi connectivity index (χ3n) is 4.85. The van der Waals surface area contributed by atoms with Crippen molar-refractivity contribution in [3.8, 4) is 23.8 Å². The minimum Gasteiger partial charge on any atom is -0.490 e. The molecule has 6 nitrogen and oxygen atoms in total. The molecule has 0 saturated carbocycles. The van der Waals surface area contributed by atoms with E-state index in [2.05, 4.69) is 27.9 Å². The number of anilines is 3. The molecule has 0 fully saturated rings. The molecule has 0 atom stereocenters. The van der Waals surface area contributed by atoms with Gasteiger partial charge in [0.25, 0.3) is 5.56 Å². The number of aromatic nitrogens is 2. The minimum absolute atomic E-state index is 0.0585. The van der Waals surface area contributed by atoms with E-state index in [-0.39, 0.29) is 11.4 Å². The summed E-state index contributed by atoms with van der Waals surface area (Å²) in [7, 11) is 0. The van der Waals surface area contributed by atoms with E-state index in [0.717, 1.165) is 17.1 Å². The SMILES string of the molecule is C#Cc1cc2c(nc(N)c(=O)n2-c2ccc3c(c2)N(c2ccccc2)CCO3)s1. The third kappa shape index (κ3) is 2.82. The Morgan fingerprint density at radius 1 is 1.14 bits per heavy atom. The Labute approximate surface area is 170 Å². The van der Waals surface area contributed by atoms with Crippen LogP contribution in [0.25, 0.3) is 16.0 Å². The summed E-state index contributed by atoms with van der Waals surface area (Å²) in [6.07, 6.45) is 5.54. The molecule has 0 radical (unpaired) electrons. The van der Waals surface area contributed by atoms with Crippen LogP contribution < -0.4 is 20.9 Å². The van der Waals surface area contributed by atoms with Crippen molar-refractivity contribution in [3.63, 3.8) is 0 Å². The molecule has 0 spiro atoms. The maximum absolute atomic E-state index is 12.9. The molecular formula is C22H16N4O2S. The van der Waals surface area contributed by atoms with E-state index in [4.69, 9.17) is 16.9 Å². The molecule has 1 aliphatic rings. The minimum atomic E-state index is -0.373. The number of terminal acetylenes is 1. The largest absolute Gasteiger partial charge is 0.490 e. The van der Waals surface area contributed by atoms with Crippen LogP contribution in [-0.2, 0) is 0 Å². The number of nitrogen functional groups attached to an aromatic ring is 1. The zero-order valence-electron chi connectivity index (χ0n) is 15.3. The molecule has 2 aromatic heterocycles. The Bertz CT molecular complexity index is 1330. The highest BCUT2D eigenvalue weighted by Crippen LogP contribution is 2.38. The molecule has 0 bridgehead atoms. The number of hydrogen-bond acceptors (Lipinski definition) is 6. The molecule has 1 aliphatic heterocycles. The van der Waals surface area contributed by atoms with Crippen LogP contribution in [0.3, 0.4) is 0 Å². The first-order chi connectivity index (χ1) is 14.2. The Morgan fingerprint density at radius 2 is 1.97 bits per heavy atom. The summed E-state index contributed by atoms with van der Waals surface area (Å²) in [5, 5.41) is 0. The van der Waals surface area contributed by atoms with Gasteiger partial charge in [-0.15, -0.1) is 17.8 Å². The molecule has 2 N–H and O–H groups in total. The third-order valence-corrected chi connectivity index (χ3v) is 5.80. The second-order valence-electron chi connectivity index (χ2n) is 6.57. The average molecular weight is 400 g/mol. The Balaban J connectivity index is 1.73. The lowest BCUT2D eigenvalue weighted by Gasteiger charge is -2.31. The van der Waals surface area contributed by atoms with Crippen molar-refractivity contribution >= 4 is 38.9 Å². The highest BCUT2D eigenvalue weighted by atomic mass is 32.1. The summed E-state index contributed by atoms with van der Waals surface area (Å²) < 4.78 is 7.40. The highest BCUT2D eigenvalue weighted by Gasteiger charge is 2.22. The van der Waals surface area contributed by atoms with Crippen molar-refractivity contribution in [2.75, 3.05) is 23.8 Å². The zero-order chi connectivity index (χ0) is 20.0. The summed E-state index contributed by atoms with van der Waals surface area (Å²) in [4.78, 5) is 20.6. The molecule has 5 rings (SSSR count). The summed E-state index contributed by atoms with van der Waals surface area (Å²) in [5.74, 6) is 3.32. The maximum atomic E-state index is 12.9. The lowest BCUT2D eigenvalue weighted by molar-refractivity contribution is 0.314. The van der Waals surface area contributed by atoms with Crippen LogP contribution in [0.2, 0.25) is 0 Å². The number of ether oxygens (including phenoxy) is 1. The Kier molecular flexibility index (Phi) is 4.00. The highest BCUT2D eigenvalue weighted by molar-refractivity contribution is 7.19. The lowest BCUT2D eigenvalue weighted by atomic mass is 10.1. The van der Waals surface area contributed by atoms with Crippen molar-refractivity contribution in [2.24, 2.45) is 0 Å². The Hall–Kier alpha value is -3.76. The van der Waals surface area contributed by atoms with Gasteiger partial charge in [-0.05, 0) is 36.4 Å².